The number of halogens is 2. The van der Waals surface area contributed by atoms with Crippen LogP contribution in [0.4, 0.5) is 14.6 Å². The lowest BCUT2D eigenvalue weighted by atomic mass is 10.0. The minimum atomic E-state index is -2.59. The number of benzene rings is 1. The molecule has 0 bridgehead atoms. The van der Waals surface area contributed by atoms with E-state index in [-0.39, 0.29) is 17.4 Å². The maximum Gasteiger partial charge on any atom is 0.264 e. The van der Waals surface area contributed by atoms with Gasteiger partial charge in [-0.05, 0) is 12.3 Å². The van der Waals surface area contributed by atoms with Gasteiger partial charge in [0.1, 0.15) is 18.2 Å². The van der Waals surface area contributed by atoms with Gasteiger partial charge in [0, 0.05) is 43.4 Å². The molecule has 1 aliphatic heterocycles. The van der Waals surface area contributed by atoms with Crippen molar-refractivity contribution in [2.24, 2.45) is 5.92 Å². The quantitative estimate of drug-likeness (QED) is 0.801. The van der Waals surface area contributed by atoms with E-state index in [1.807, 2.05) is 18.7 Å². The number of hydrogen-bond acceptors (Lipinski definition) is 5. The molecule has 1 fully saturated rings. The fraction of sp³-hybridized carbons (Fsp3) is 0.476. The molecule has 1 amide bonds. The van der Waals surface area contributed by atoms with Crippen LogP contribution < -0.4 is 4.90 Å². The molecule has 1 aliphatic rings. The third-order valence-electron chi connectivity index (χ3n) is 5.02. The van der Waals surface area contributed by atoms with Crippen LogP contribution in [0.1, 0.15) is 32.3 Å². The minimum Gasteiger partial charge on any atom is -0.383 e. The molecule has 1 atom stereocenters. The van der Waals surface area contributed by atoms with Gasteiger partial charge in [0.2, 0.25) is 0 Å². The van der Waals surface area contributed by atoms with Crippen molar-refractivity contribution < 1.29 is 18.7 Å². The number of rotatable bonds is 6. The Bertz CT molecular complexity index is 839. The summed E-state index contributed by atoms with van der Waals surface area (Å²) in [5.74, 6) is 0.632. The average Bonchev–Trinajstić information content (AvgIpc) is 2.73. The third-order valence-corrected chi connectivity index (χ3v) is 5.02. The molecule has 0 spiro atoms. The lowest BCUT2D eigenvalue weighted by Gasteiger charge is -2.36. The van der Waals surface area contributed by atoms with Crippen LogP contribution in [0.2, 0.25) is 0 Å². The number of aromatic nitrogens is 2. The van der Waals surface area contributed by atoms with E-state index in [4.69, 9.17) is 0 Å². The number of carbonyl (C=O) groups is 1. The molecular formula is C21H26F2N4O2. The van der Waals surface area contributed by atoms with Crippen molar-refractivity contribution >= 4 is 11.7 Å². The zero-order valence-electron chi connectivity index (χ0n) is 16.6. The van der Waals surface area contributed by atoms with Crippen LogP contribution in [0.3, 0.4) is 0 Å². The summed E-state index contributed by atoms with van der Waals surface area (Å²) < 4.78 is 26.6. The predicted molar refractivity (Wildman–Crippen MR) is 107 cm³/mol. The molecule has 1 saturated heterocycles. The number of carbonyl (C=O) groups excluding carboxylic acids is 1. The Morgan fingerprint density at radius 2 is 1.83 bits per heavy atom. The number of hydrogen-bond donors (Lipinski definition) is 1. The largest absolute Gasteiger partial charge is 0.383 e. The van der Waals surface area contributed by atoms with E-state index in [9.17, 15) is 18.7 Å². The van der Waals surface area contributed by atoms with Gasteiger partial charge in [0.15, 0.2) is 0 Å². The van der Waals surface area contributed by atoms with Crippen molar-refractivity contribution in [1.82, 2.24) is 14.9 Å². The van der Waals surface area contributed by atoms with E-state index in [0.29, 0.717) is 49.7 Å². The molecule has 2 aromatic rings. The lowest BCUT2D eigenvalue weighted by Crippen LogP contribution is -2.51. The standard InChI is InChI=1S/C21H26F2N4O2/c1-14(2)11-18(28)21(29)27-9-7-26(8-10-27)19-12-17(24-13-25-19)15-5-3-4-6-16(15)20(22)23/h3-6,12-14,18,20,28H,7-11H2,1-2H3/t18-/m1/s1. The summed E-state index contributed by atoms with van der Waals surface area (Å²) in [6, 6.07) is 8.01. The molecule has 3 rings (SSSR count). The molecule has 0 radical (unpaired) electrons. The monoisotopic (exact) mass is 404 g/mol. The van der Waals surface area contributed by atoms with E-state index in [2.05, 4.69) is 9.97 Å². The highest BCUT2D eigenvalue weighted by Gasteiger charge is 2.27. The summed E-state index contributed by atoms with van der Waals surface area (Å²) in [6.45, 7) is 5.97. The summed E-state index contributed by atoms with van der Waals surface area (Å²) >= 11 is 0. The van der Waals surface area contributed by atoms with Crippen molar-refractivity contribution in [2.75, 3.05) is 31.1 Å². The van der Waals surface area contributed by atoms with E-state index in [1.165, 1.54) is 12.4 Å². The van der Waals surface area contributed by atoms with Crippen LogP contribution in [0.15, 0.2) is 36.7 Å². The zero-order chi connectivity index (χ0) is 21.0. The van der Waals surface area contributed by atoms with Gasteiger partial charge in [-0.1, -0.05) is 38.1 Å². The molecule has 2 heterocycles. The van der Waals surface area contributed by atoms with E-state index in [1.54, 1.807) is 29.2 Å². The molecule has 0 aliphatic carbocycles. The van der Waals surface area contributed by atoms with Crippen LogP contribution in [-0.2, 0) is 4.79 Å². The Balaban J connectivity index is 1.70. The predicted octanol–water partition coefficient (Wildman–Crippen LogP) is 3.14. The van der Waals surface area contributed by atoms with Crippen molar-refractivity contribution in [3.63, 3.8) is 0 Å². The Kier molecular flexibility index (Phi) is 6.74. The number of aliphatic hydroxyl groups excluding tert-OH is 1. The smallest absolute Gasteiger partial charge is 0.264 e. The summed E-state index contributed by atoms with van der Waals surface area (Å²) in [5.41, 5.74) is 0.764. The van der Waals surface area contributed by atoms with E-state index in [0.717, 1.165) is 0 Å². The Labute approximate surface area is 169 Å². The first-order valence-corrected chi connectivity index (χ1v) is 9.78. The van der Waals surface area contributed by atoms with E-state index < -0.39 is 12.5 Å². The Hall–Kier alpha value is -2.61. The van der Waals surface area contributed by atoms with E-state index >= 15 is 0 Å². The van der Waals surface area contributed by atoms with Gasteiger partial charge in [-0.15, -0.1) is 0 Å². The van der Waals surface area contributed by atoms with Gasteiger partial charge in [0.05, 0.1) is 5.69 Å². The van der Waals surface area contributed by atoms with Crippen LogP contribution in [-0.4, -0.2) is 58.2 Å². The lowest BCUT2D eigenvalue weighted by molar-refractivity contribution is -0.141. The van der Waals surface area contributed by atoms with Crippen LogP contribution in [0.25, 0.3) is 11.3 Å². The van der Waals surface area contributed by atoms with Crippen LogP contribution in [0, 0.1) is 5.92 Å². The second-order valence-electron chi connectivity index (χ2n) is 7.61. The van der Waals surface area contributed by atoms with Gasteiger partial charge in [-0.3, -0.25) is 4.79 Å². The van der Waals surface area contributed by atoms with Crippen LogP contribution >= 0.6 is 0 Å². The van der Waals surface area contributed by atoms with Crippen LogP contribution in [0.5, 0.6) is 0 Å². The third kappa shape index (κ3) is 5.06. The normalized spacial score (nSPS) is 15.8. The number of amides is 1. The fourth-order valence-electron chi connectivity index (χ4n) is 3.50. The first-order valence-electron chi connectivity index (χ1n) is 9.78. The number of piperazine rings is 1. The summed E-state index contributed by atoms with van der Waals surface area (Å²) in [4.78, 5) is 24.5. The van der Waals surface area contributed by atoms with Gasteiger partial charge in [-0.2, -0.15) is 0 Å². The summed E-state index contributed by atoms with van der Waals surface area (Å²) in [7, 11) is 0. The minimum absolute atomic E-state index is 0.0632. The fourth-order valence-corrected chi connectivity index (χ4v) is 3.50. The molecule has 1 aromatic carbocycles. The van der Waals surface area contributed by atoms with Gasteiger partial charge in [-0.25, -0.2) is 18.7 Å². The maximum atomic E-state index is 13.3. The number of alkyl halides is 2. The first-order chi connectivity index (χ1) is 13.9. The second kappa shape index (κ2) is 9.26. The highest BCUT2D eigenvalue weighted by Crippen LogP contribution is 2.31. The Morgan fingerprint density at radius 3 is 2.48 bits per heavy atom. The number of anilines is 1. The first kappa shape index (κ1) is 21.1. The Morgan fingerprint density at radius 1 is 1.14 bits per heavy atom. The van der Waals surface area contributed by atoms with Gasteiger partial charge in [0.25, 0.3) is 12.3 Å². The van der Waals surface area contributed by atoms with Crippen molar-refractivity contribution in [2.45, 2.75) is 32.8 Å². The van der Waals surface area contributed by atoms with Crippen molar-refractivity contribution in [3.05, 3.63) is 42.2 Å². The molecule has 0 unspecified atom stereocenters. The van der Waals surface area contributed by atoms with Gasteiger partial charge < -0.3 is 14.9 Å². The molecule has 1 N–H and O–H groups in total. The summed E-state index contributed by atoms with van der Waals surface area (Å²) in [6.07, 6.45) is -1.75. The number of nitrogens with zero attached hydrogens (tertiary/aromatic N) is 4. The molecule has 8 heteroatoms. The summed E-state index contributed by atoms with van der Waals surface area (Å²) in [5, 5.41) is 10.1. The van der Waals surface area contributed by atoms with Crippen molar-refractivity contribution in [3.8, 4) is 11.3 Å². The molecule has 1 aromatic heterocycles. The zero-order valence-corrected chi connectivity index (χ0v) is 16.6. The average molecular weight is 404 g/mol. The highest BCUT2D eigenvalue weighted by atomic mass is 19.3. The molecule has 29 heavy (non-hydrogen) atoms. The number of aliphatic hydroxyl groups is 1. The molecule has 156 valence electrons. The molecule has 6 nitrogen and oxygen atoms in total. The van der Waals surface area contributed by atoms with Crippen molar-refractivity contribution in [1.29, 1.82) is 0 Å². The molecular weight excluding hydrogens is 378 g/mol. The maximum absolute atomic E-state index is 13.3. The topological polar surface area (TPSA) is 69.6 Å². The highest BCUT2D eigenvalue weighted by molar-refractivity contribution is 5.81. The molecule has 0 saturated carbocycles. The SMILES string of the molecule is CC(C)C[C@@H](O)C(=O)N1CCN(c2cc(-c3ccccc3C(F)F)ncn2)CC1. The van der Waals surface area contributed by atoms with Gasteiger partial charge >= 0.3 is 0 Å². The second-order valence-corrected chi connectivity index (χ2v) is 7.61.